The molecule has 0 fully saturated rings. The number of benzene rings is 2. The first kappa shape index (κ1) is 29.1. The minimum Gasteiger partial charge on any atom is -0.467 e. The molecule has 14 nitrogen and oxygen atoms in total. The number of carbonyl (C=O) groups is 4. The molecule has 2 aromatic rings. The molecule has 14 heteroatoms. The molecule has 0 spiro atoms. The van der Waals surface area contributed by atoms with E-state index in [2.05, 4.69) is 10.6 Å². The highest BCUT2D eigenvalue weighted by Gasteiger charge is 2.23. The number of carbonyl (C=O) groups excluding carboxylic acids is 4. The van der Waals surface area contributed by atoms with Crippen LogP contribution in [-0.2, 0) is 19.1 Å². The summed E-state index contributed by atoms with van der Waals surface area (Å²) >= 11 is 0. The van der Waals surface area contributed by atoms with E-state index in [9.17, 15) is 39.4 Å². The Balaban J connectivity index is 2.03. The minimum absolute atomic E-state index is 0.0322. The summed E-state index contributed by atoms with van der Waals surface area (Å²) in [6, 6.07) is 7.37. The molecule has 0 radical (unpaired) electrons. The average molecular weight is 528 g/mol. The number of nitro groups is 2. The molecule has 2 aromatic carbocycles. The molecular weight excluding hydrogens is 504 g/mol. The summed E-state index contributed by atoms with van der Waals surface area (Å²) in [4.78, 5) is 69.6. The van der Waals surface area contributed by atoms with Gasteiger partial charge in [-0.05, 0) is 37.1 Å². The predicted molar refractivity (Wildman–Crippen MR) is 131 cm³/mol. The van der Waals surface area contributed by atoms with Crippen molar-refractivity contribution >= 4 is 35.1 Å². The van der Waals surface area contributed by atoms with Crippen molar-refractivity contribution in [2.24, 2.45) is 0 Å². The second-order valence-electron chi connectivity index (χ2n) is 7.65. The molecule has 0 bridgehead atoms. The Hall–Kier alpha value is -5.14. The molecule has 0 aromatic heterocycles. The Labute approximate surface area is 215 Å². The van der Waals surface area contributed by atoms with Crippen molar-refractivity contribution in [2.75, 3.05) is 14.2 Å². The fourth-order valence-corrected chi connectivity index (χ4v) is 3.13. The van der Waals surface area contributed by atoms with Crippen LogP contribution < -0.4 is 10.6 Å². The number of methoxy groups -OCH3 is 2. The van der Waals surface area contributed by atoms with Gasteiger partial charge in [-0.25, -0.2) is 9.59 Å². The van der Waals surface area contributed by atoms with Gasteiger partial charge in [0.15, 0.2) is 0 Å². The van der Waals surface area contributed by atoms with Crippen LogP contribution in [0.15, 0.2) is 60.7 Å². The SMILES string of the molecule is COC(=O)[C@H](C/C=C/C[C@H](NC(=O)c1ccc([N+](=O)[O-])cc1)C(=O)OC)NC(=O)c1ccc([N+](=O)[O-])cc1. The topological polar surface area (TPSA) is 197 Å². The molecular formula is C24H24N4O10. The van der Waals surface area contributed by atoms with E-state index in [1.165, 1.54) is 36.4 Å². The van der Waals surface area contributed by atoms with E-state index in [1.807, 2.05) is 0 Å². The van der Waals surface area contributed by atoms with Gasteiger partial charge in [0.05, 0.1) is 24.1 Å². The maximum absolute atomic E-state index is 12.5. The van der Waals surface area contributed by atoms with Crippen LogP contribution in [0.2, 0.25) is 0 Å². The van der Waals surface area contributed by atoms with Crippen LogP contribution in [0.1, 0.15) is 33.6 Å². The summed E-state index contributed by atoms with van der Waals surface area (Å²) in [7, 11) is 2.27. The molecule has 0 saturated heterocycles. The minimum atomic E-state index is -1.11. The molecule has 0 aliphatic rings. The Morgan fingerprint density at radius 3 is 1.29 bits per heavy atom. The van der Waals surface area contributed by atoms with Gasteiger partial charge < -0.3 is 20.1 Å². The maximum atomic E-state index is 12.5. The van der Waals surface area contributed by atoms with Crippen molar-refractivity contribution in [3.8, 4) is 0 Å². The Morgan fingerprint density at radius 1 is 0.711 bits per heavy atom. The molecule has 2 atom stereocenters. The fraction of sp³-hybridized carbons (Fsp3) is 0.250. The number of esters is 2. The van der Waals surface area contributed by atoms with E-state index < -0.39 is 45.7 Å². The Morgan fingerprint density at radius 2 is 1.03 bits per heavy atom. The van der Waals surface area contributed by atoms with E-state index in [0.29, 0.717) is 0 Å². The average Bonchev–Trinajstić information content (AvgIpc) is 2.92. The third-order valence-corrected chi connectivity index (χ3v) is 5.17. The van der Waals surface area contributed by atoms with Crippen molar-refractivity contribution in [3.63, 3.8) is 0 Å². The lowest BCUT2D eigenvalue weighted by Gasteiger charge is -2.16. The van der Waals surface area contributed by atoms with E-state index >= 15 is 0 Å². The first-order chi connectivity index (χ1) is 18.1. The highest BCUT2D eigenvalue weighted by Crippen LogP contribution is 2.14. The first-order valence-corrected chi connectivity index (χ1v) is 11.0. The van der Waals surface area contributed by atoms with E-state index in [0.717, 1.165) is 38.5 Å². The second-order valence-corrected chi connectivity index (χ2v) is 7.65. The van der Waals surface area contributed by atoms with Crippen LogP contribution in [0.3, 0.4) is 0 Å². The van der Waals surface area contributed by atoms with Gasteiger partial charge in [0.2, 0.25) is 0 Å². The number of rotatable bonds is 12. The maximum Gasteiger partial charge on any atom is 0.328 e. The lowest BCUT2D eigenvalue weighted by Crippen LogP contribution is -2.41. The summed E-state index contributed by atoms with van der Waals surface area (Å²) in [5.74, 6) is -2.82. The van der Waals surface area contributed by atoms with Crippen molar-refractivity contribution in [1.82, 2.24) is 10.6 Å². The molecule has 0 aliphatic heterocycles. The number of ether oxygens (including phenoxy) is 2. The van der Waals surface area contributed by atoms with Gasteiger partial charge in [-0.15, -0.1) is 0 Å². The number of hydrogen-bond acceptors (Lipinski definition) is 10. The zero-order valence-electron chi connectivity index (χ0n) is 20.3. The Bertz CT molecular complexity index is 1130. The van der Waals surface area contributed by atoms with Gasteiger partial charge in [-0.2, -0.15) is 0 Å². The highest BCUT2D eigenvalue weighted by atomic mass is 16.6. The van der Waals surface area contributed by atoms with Crippen LogP contribution in [0, 0.1) is 20.2 Å². The van der Waals surface area contributed by atoms with Crippen LogP contribution >= 0.6 is 0 Å². The largest absolute Gasteiger partial charge is 0.467 e. The van der Waals surface area contributed by atoms with E-state index in [-0.39, 0.29) is 35.3 Å². The molecule has 38 heavy (non-hydrogen) atoms. The van der Waals surface area contributed by atoms with Crippen LogP contribution in [0.25, 0.3) is 0 Å². The quantitative estimate of drug-likeness (QED) is 0.178. The number of hydrogen-bond donors (Lipinski definition) is 2. The van der Waals surface area contributed by atoms with Crippen LogP contribution in [0.5, 0.6) is 0 Å². The molecule has 200 valence electrons. The van der Waals surface area contributed by atoms with Crippen LogP contribution in [-0.4, -0.2) is 59.9 Å². The van der Waals surface area contributed by atoms with E-state index in [1.54, 1.807) is 0 Å². The molecule has 2 N–H and O–H groups in total. The number of non-ortho nitro benzene ring substituents is 2. The summed E-state index contributed by atoms with van der Waals surface area (Å²) in [5.41, 5.74) is -0.217. The molecule has 0 aliphatic carbocycles. The second kappa shape index (κ2) is 13.8. The van der Waals surface area contributed by atoms with Gasteiger partial charge in [0.1, 0.15) is 12.1 Å². The Kier molecular flexibility index (Phi) is 10.6. The molecule has 2 rings (SSSR count). The zero-order valence-corrected chi connectivity index (χ0v) is 20.3. The standard InChI is InChI=1S/C24H24N4O10/c1-37-23(31)19(25-21(29)15-7-11-17(12-8-15)27(33)34)5-3-4-6-20(24(32)38-2)26-22(30)16-9-13-18(14-10-16)28(35)36/h3-4,7-14,19-20H,5-6H2,1-2H3,(H,25,29)(H,26,30)/b4-3+/t19-,20-/m0/s1. The number of nitrogens with one attached hydrogen (secondary N) is 2. The molecule has 2 amide bonds. The number of amides is 2. The molecule has 0 heterocycles. The molecule has 0 unspecified atom stereocenters. The number of nitro benzene ring substituents is 2. The van der Waals surface area contributed by atoms with Crippen molar-refractivity contribution < 1.29 is 38.5 Å². The lowest BCUT2D eigenvalue weighted by atomic mass is 10.1. The number of nitrogens with zero attached hydrogens (tertiary/aromatic N) is 2. The smallest absolute Gasteiger partial charge is 0.328 e. The summed E-state index contributed by atoms with van der Waals surface area (Å²) in [5, 5.41) is 26.5. The van der Waals surface area contributed by atoms with Gasteiger partial charge in [-0.3, -0.25) is 29.8 Å². The monoisotopic (exact) mass is 528 g/mol. The first-order valence-electron chi connectivity index (χ1n) is 11.0. The van der Waals surface area contributed by atoms with Crippen molar-refractivity contribution in [1.29, 1.82) is 0 Å². The normalized spacial score (nSPS) is 12.2. The zero-order chi connectivity index (χ0) is 28.2. The lowest BCUT2D eigenvalue weighted by molar-refractivity contribution is -0.385. The third-order valence-electron chi connectivity index (χ3n) is 5.17. The van der Waals surface area contributed by atoms with Crippen LogP contribution in [0.4, 0.5) is 11.4 Å². The van der Waals surface area contributed by atoms with Gasteiger partial charge in [-0.1, -0.05) is 12.2 Å². The summed E-state index contributed by atoms with van der Waals surface area (Å²) in [6.07, 6.45) is 2.92. The third kappa shape index (κ3) is 8.22. The van der Waals surface area contributed by atoms with Crippen molar-refractivity contribution in [2.45, 2.75) is 24.9 Å². The molecule has 0 saturated carbocycles. The summed E-state index contributed by atoms with van der Waals surface area (Å²) in [6.45, 7) is 0. The van der Waals surface area contributed by atoms with Gasteiger partial charge in [0, 0.05) is 35.4 Å². The predicted octanol–water partition coefficient (Wildman–Crippen LogP) is 2.08. The van der Waals surface area contributed by atoms with E-state index in [4.69, 9.17) is 9.47 Å². The van der Waals surface area contributed by atoms with Crippen molar-refractivity contribution in [3.05, 3.63) is 92.0 Å². The van der Waals surface area contributed by atoms with Gasteiger partial charge >= 0.3 is 11.9 Å². The highest BCUT2D eigenvalue weighted by molar-refractivity contribution is 5.97. The fourth-order valence-electron chi connectivity index (χ4n) is 3.13. The summed E-state index contributed by atoms with van der Waals surface area (Å²) < 4.78 is 9.42. The van der Waals surface area contributed by atoms with Gasteiger partial charge in [0.25, 0.3) is 23.2 Å².